The van der Waals surface area contributed by atoms with Crippen molar-refractivity contribution in [2.75, 3.05) is 19.8 Å². The Hall–Kier alpha value is -4.22. The zero-order valence-corrected chi connectivity index (χ0v) is 36.7. The summed E-state index contributed by atoms with van der Waals surface area (Å²) in [6, 6.07) is 0. The lowest BCUT2D eigenvalue weighted by atomic mass is 10.1. The van der Waals surface area contributed by atoms with Gasteiger partial charge < -0.3 is 14.2 Å². The van der Waals surface area contributed by atoms with Crippen LogP contribution in [0.1, 0.15) is 149 Å². The molecule has 0 aromatic rings. The molecule has 1 atom stereocenters. The molecule has 0 aromatic heterocycles. The van der Waals surface area contributed by atoms with Crippen LogP contribution >= 0.6 is 0 Å². The van der Waals surface area contributed by atoms with Crippen LogP contribution < -0.4 is 0 Å². The van der Waals surface area contributed by atoms with Gasteiger partial charge in [0.25, 0.3) is 0 Å². The molecular weight excluding hydrogens is 717 g/mol. The van der Waals surface area contributed by atoms with Crippen LogP contribution in [0.2, 0.25) is 0 Å². The second-order valence-corrected chi connectivity index (χ2v) is 13.8. The molecule has 0 spiro atoms. The van der Waals surface area contributed by atoms with E-state index in [1.54, 1.807) is 0 Å². The Morgan fingerprint density at radius 2 is 0.776 bits per heavy atom. The maximum Gasteiger partial charge on any atom is 0.309 e. The molecule has 5 nitrogen and oxygen atoms in total. The molecule has 0 aliphatic heterocycles. The molecule has 0 bridgehead atoms. The monoisotopic (exact) mass is 797 g/mol. The molecule has 322 valence electrons. The van der Waals surface area contributed by atoms with Gasteiger partial charge in [-0.15, -0.1) is 0 Å². The highest BCUT2D eigenvalue weighted by molar-refractivity contribution is 5.71. The first kappa shape index (κ1) is 53.8. The summed E-state index contributed by atoms with van der Waals surface area (Å²) < 4.78 is 17.1. The fourth-order valence-electron chi connectivity index (χ4n) is 5.19. The van der Waals surface area contributed by atoms with Gasteiger partial charge in [0.15, 0.2) is 6.10 Å². The smallest absolute Gasteiger partial charge is 0.309 e. The number of rotatable bonds is 38. The van der Waals surface area contributed by atoms with Gasteiger partial charge in [0, 0.05) is 13.0 Å². The normalized spacial score (nSPS) is 13.6. The van der Waals surface area contributed by atoms with Gasteiger partial charge in [-0.25, -0.2) is 0 Å². The number of carbonyl (C=O) groups excluding carboxylic acids is 2. The first-order valence-corrected chi connectivity index (χ1v) is 22.4. The van der Waals surface area contributed by atoms with Gasteiger partial charge >= 0.3 is 11.9 Å². The number of ether oxygens (including phenoxy) is 3. The highest BCUT2D eigenvalue weighted by Gasteiger charge is 2.17. The second kappa shape index (κ2) is 47.2. The summed E-state index contributed by atoms with van der Waals surface area (Å²) in [6.45, 7) is 7.16. The van der Waals surface area contributed by atoms with Crippen LogP contribution in [0.15, 0.2) is 146 Å². The average molecular weight is 797 g/mol. The highest BCUT2D eigenvalue weighted by Crippen LogP contribution is 2.08. The molecule has 0 N–H and O–H groups in total. The summed E-state index contributed by atoms with van der Waals surface area (Å²) in [5.41, 5.74) is 0. The van der Waals surface area contributed by atoms with E-state index in [0.717, 1.165) is 116 Å². The van der Waals surface area contributed by atoms with Crippen LogP contribution in [0.4, 0.5) is 0 Å². The maximum atomic E-state index is 12.7. The largest absolute Gasteiger partial charge is 0.461 e. The molecule has 0 saturated carbocycles. The lowest BCUT2D eigenvalue weighted by molar-refractivity contribution is -0.162. The topological polar surface area (TPSA) is 61.8 Å². The van der Waals surface area contributed by atoms with Crippen LogP contribution in [-0.4, -0.2) is 37.9 Å². The van der Waals surface area contributed by atoms with Crippen LogP contribution in [0, 0.1) is 0 Å². The van der Waals surface area contributed by atoms with Gasteiger partial charge in [-0.1, -0.05) is 173 Å². The van der Waals surface area contributed by atoms with E-state index in [0.29, 0.717) is 13.0 Å². The zero-order valence-electron chi connectivity index (χ0n) is 36.7. The molecule has 0 aromatic carbocycles. The fraction of sp³-hybridized carbons (Fsp3) is 0.509. The average Bonchev–Trinajstić information content (AvgIpc) is 3.22. The van der Waals surface area contributed by atoms with Crippen molar-refractivity contribution < 1.29 is 23.8 Å². The molecule has 1 unspecified atom stereocenters. The highest BCUT2D eigenvalue weighted by atomic mass is 16.6. The second-order valence-electron chi connectivity index (χ2n) is 13.8. The van der Waals surface area contributed by atoms with Crippen LogP contribution in [0.5, 0.6) is 0 Å². The Labute approximate surface area is 355 Å². The van der Waals surface area contributed by atoms with Crippen LogP contribution in [-0.2, 0) is 23.8 Å². The van der Waals surface area contributed by atoms with E-state index in [1.165, 1.54) is 0 Å². The molecule has 0 aliphatic carbocycles. The lowest BCUT2D eigenvalue weighted by Gasteiger charge is -2.18. The number of unbranched alkanes of at least 4 members (excludes halogenated alkanes) is 4. The first-order valence-electron chi connectivity index (χ1n) is 22.4. The Morgan fingerprint density at radius 1 is 0.397 bits per heavy atom. The first-order chi connectivity index (χ1) is 28.6. The molecule has 58 heavy (non-hydrogen) atoms. The van der Waals surface area contributed by atoms with E-state index in [1.807, 2.05) is 12.2 Å². The number of hydrogen-bond donors (Lipinski definition) is 0. The number of hydrogen-bond acceptors (Lipinski definition) is 5. The van der Waals surface area contributed by atoms with Gasteiger partial charge in [-0.3, -0.25) is 9.59 Å². The summed E-state index contributed by atoms with van der Waals surface area (Å²) in [5.74, 6) is -0.626. The Balaban J connectivity index is 4.58. The van der Waals surface area contributed by atoms with E-state index >= 15 is 0 Å². The quantitative estimate of drug-likeness (QED) is 0.0354. The predicted octanol–water partition coefficient (Wildman–Crippen LogP) is 15.0. The van der Waals surface area contributed by atoms with Crippen molar-refractivity contribution in [3.05, 3.63) is 146 Å². The van der Waals surface area contributed by atoms with Gasteiger partial charge in [0.1, 0.15) is 6.61 Å². The zero-order chi connectivity index (χ0) is 42.1. The summed E-state index contributed by atoms with van der Waals surface area (Å²) in [7, 11) is 0. The van der Waals surface area contributed by atoms with Gasteiger partial charge in [-0.05, 0) is 109 Å². The lowest BCUT2D eigenvalue weighted by Crippen LogP contribution is -2.30. The molecule has 5 heteroatoms. The predicted molar refractivity (Wildman–Crippen MR) is 251 cm³/mol. The van der Waals surface area contributed by atoms with E-state index in [9.17, 15) is 9.59 Å². The van der Waals surface area contributed by atoms with Crippen LogP contribution in [0.25, 0.3) is 0 Å². The Morgan fingerprint density at radius 3 is 1.21 bits per heavy atom. The van der Waals surface area contributed by atoms with E-state index < -0.39 is 6.10 Å². The maximum absolute atomic E-state index is 12.7. The molecule has 0 saturated heterocycles. The number of allylic oxidation sites excluding steroid dienone is 23. The van der Waals surface area contributed by atoms with Gasteiger partial charge in [-0.2, -0.15) is 0 Å². The van der Waals surface area contributed by atoms with Crippen molar-refractivity contribution in [3.8, 4) is 0 Å². The molecule has 0 fully saturated rings. The number of carbonyl (C=O) groups is 2. The van der Waals surface area contributed by atoms with Crippen molar-refractivity contribution in [3.63, 3.8) is 0 Å². The molecule has 0 aliphatic rings. The third-order valence-electron chi connectivity index (χ3n) is 8.38. The summed E-state index contributed by atoms with van der Waals surface area (Å²) in [4.78, 5) is 25.2. The summed E-state index contributed by atoms with van der Waals surface area (Å²) >= 11 is 0. The van der Waals surface area contributed by atoms with Crippen molar-refractivity contribution in [2.24, 2.45) is 0 Å². The van der Waals surface area contributed by atoms with E-state index in [-0.39, 0.29) is 31.6 Å². The van der Waals surface area contributed by atoms with Crippen molar-refractivity contribution in [2.45, 2.75) is 155 Å². The molecule has 0 amide bonds. The SMILES string of the molecule is CC/C=C\C/C=C\C/C=C\C/C=C\C/C=C\CC(=O)OCC(COCCC/C=C\C/C=C\C/C=C\C/C=C\CC)OC(=O)CCCCC/C=C\C/C=C\C/C=C\CC. The Bertz CT molecular complexity index is 1310. The van der Waals surface area contributed by atoms with Gasteiger partial charge in [0.05, 0.1) is 13.0 Å². The van der Waals surface area contributed by atoms with Crippen molar-refractivity contribution in [1.82, 2.24) is 0 Å². The minimum Gasteiger partial charge on any atom is -0.461 e. The van der Waals surface area contributed by atoms with Crippen molar-refractivity contribution in [1.29, 1.82) is 0 Å². The third-order valence-corrected chi connectivity index (χ3v) is 8.38. The number of esters is 2. The fourth-order valence-corrected chi connectivity index (χ4v) is 5.19. The summed E-state index contributed by atoms with van der Waals surface area (Å²) in [6.07, 6.45) is 68.8. The van der Waals surface area contributed by atoms with Gasteiger partial charge in [0.2, 0.25) is 0 Å². The van der Waals surface area contributed by atoms with E-state index in [4.69, 9.17) is 14.2 Å². The molecular formula is C53H80O5. The Kier molecular flexibility index (Phi) is 43.7. The standard InChI is InChI=1S/C53H80O5/c1-4-7-10-13-16-19-22-25-27-29-31-34-37-40-43-46-52(54)57-50-51(49-56-48-45-42-39-36-33-30-26-23-20-17-14-11-8-5-2)58-53(55)47-44-41-38-35-32-28-24-21-18-15-12-9-6-3/h7-12,16-21,25-28,30-32,34,36,39-40,43,51H,4-6,13-15,22-24,29,33,35,37-38,41-42,44-50H2,1-3H3/b10-7-,11-8-,12-9-,19-16-,20-17-,21-18-,27-25-,30-26-,32-28-,34-31-,39-36-,43-40-. The molecule has 0 rings (SSSR count). The van der Waals surface area contributed by atoms with Crippen molar-refractivity contribution >= 4 is 11.9 Å². The minimum absolute atomic E-state index is 0.0136. The van der Waals surface area contributed by atoms with Crippen LogP contribution in [0.3, 0.4) is 0 Å². The van der Waals surface area contributed by atoms with E-state index in [2.05, 4.69) is 154 Å². The molecule has 0 radical (unpaired) electrons. The molecule has 0 heterocycles. The third kappa shape index (κ3) is 44.5. The minimum atomic E-state index is -0.629. The summed E-state index contributed by atoms with van der Waals surface area (Å²) in [5, 5.41) is 0.